The standard InChI is InChI=1S/C11H25N3/c1-5-14-7-6-10(2)13(4)9-11(14)8-12-3/h10-12H,5-9H2,1-4H3. The van der Waals surface area contributed by atoms with Crippen molar-refractivity contribution in [3.8, 4) is 0 Å². The van der Waals surface area contributed by atoms with Gasteiger partial charge in [0, 0.05) is 25.2 Å². The van der Waals surface area contributed by atoms with Gasteiger partial charge in [0.2, 0.25) is 0 Å². The average molecular weight is 199 g/mol. The highest BCUT2D eigenvalue weighted by molar-refractivity contribution is 4.82. The molecule has 1 saturated heterocycles. The molecule has 1 aliphatic rings. The van der Waals surface area contributed by atoms with E-state index in [0.717, 1.165) is 12.6 Å². The number of rotatable bonds is 3. The highest BCUT2D eigenvalue weighted by Crippen LogP contribution is 2.12. The first-order chi connectivity index (χ1) is 6.69. The predicted molar refractivity (Wildman–Crippen MR) is 61.7 cm³/mol. The van der Waals surface area contributed by atoms with Gasteiger partial charge in [-0.25, -0.2) is 0 Å². The SMILES string of the molecule is CCN1CCC(C)N(C)CC1CNC. The van der Waals surface area contributed by atoms with E-state index in [4.69, 9.17) is 0 Å². The number of likely N-dealkylation sites (N-methyl/N-ethyl adjacent to an activating group) is 3. The van der Waals surface area contributed by atoms with Gasteiger partial charge in [-0.1, -0.05) is 6.92 Å². The molecule has 1 aliphatic heterocycles. The topological polar surface area (TPSA) is 18.5 Å². The minimum atomic E-state index is 0.681. The van der Waals surface area contributed by atoms with Crippen LogP contribution in [0.1, 0.15) is 20.3 Å². The summed E-state index contributed by atoms with van der Waals surface area (Å²) in [5, 5.41) is 3.30. The lowest BCUT2D eigenvalue weighted by Crippen LogP contribution is -2.46. The van der Waals surface area contributed by atoms with Crippen molar-refractivity contribution in [1.82, 2.24) is 15.1 Å². The summed E-state index contributed by atoms with van der Waals surface area (Å²) < 4.78 is 0. The fourth-order valence-electron chi connectivity index (χ4n) is 2.23. The van der Waals surface area contributed by atoms with Crippen molar-refractivity contribution in [3.63, 3.8) is 0 Å². The zero-order chi connectivity index (χ0) is 10.6. The molecule has 0 bridgehead atoms. The second-order valence-electron chi connectivity index (χ2n) is 4.42. The summed E-state index contributed by atoms with van der Waals surface area (Å²) in [5.74, 6) is 0. The van der Waals surface area contributed by atoms with Crippen LogP contribution in [-0.4, -0.2) is 62.2 Å². The van der Waals surface area contributed by atoms with Crippen LogP contribution in [0.25, 0.3) is 0 Å². The van der Waals surface area contributed by atoms with Crippen LogP contribution >= 0.6 is 0 Å². The number of hydrogen-bond acceptors (Lipinski definition) is 3. The maximum atomic E-state index is 3.30. The minimum absolute atomic E-state index is 0.681. The van der Waals surface area contributed by atoms with E-state index in [1.807, 2.05) is 7.05 Å². The molecule has 3 heteroatoms. The Hall–Kier alpha value is -0.120. The van der Waals surface area contributed by atoms with Crippen LogP contribution in [0.15, 0.2) is 0 Å². The average Bonchev–Trinajstić information content (AvgIpc) is 2.29. The summed E-state index contributed by atoms with van der Waals surface area (Å²) in [6.45, 7) is 9.30. The van der Waals surface area contributed by atoms with Gasteiger partial charge in [-0.2, -0.15) is 0 Å². The summed E-state index contributed by atoms with van der Waals surface area (Å²) in [4.78, 5) is 5.08. The molecule has 1 heterocycles. The normalized spacial score (nSPS) is 31.7. The fraction of sp³-hybridized carbons (Fsp3) is 1.00. The lowest BCUT2D eigenvalue weighted by Gasteiger charge is -2.30. The van der Waals surface area contributed by atoms with Crippen molar-refractivity contribution in [2.75, 3.05) is 40.3 Å². The Morgan fingerprint density at radius 1 is 1.43 bits per heavy atom. The number of nitrogens with one attached hydrogen (secondary N) is 1. The Kier molecular flexibility index (Phi) is 4.85. The second kappa shape index (κ2) is 5.69. The number of hydrogen-bond donors (Lipinski definition) is 1. The minimum Gasteiger partial charge on any atom is -0.318 e. The van der Waals surface area contributed by atoms with Crippen LogP contribution < -0.4 is 5.32 Å². The maximum absolute atomic E-state index is 3.30. The lowest BCUT2D eigenvalue weighted by atomic mass is 10.2. The molecular weight excluding hydrogens is 174 g/mol. The summed E-state index contributed by atoms with van der Waals surface area (Å²) in [6, 6.07) is 1.41. The Bertz CT molecular complexity index is 161. The van der Waals surface area contributed by atoms with Crippen LogP contribution in [0.2, 0.25) is 0 Å². The van der Waals surface area contributed by atoms with Crippen LogP contribution in [0.4, 0.5) is 0 Å². The lowest BCUT2D eigenvalue weighted by molar-refractivity contribution is 0.188. The molecule has 1 N–H and O–H groups in total. The van der Waals surface area contributed by atoms with Crippen molar-refractivity contribution in [2.24, 2.45) is 0 Å². The quantitative estimate of drug-likeness (QED) is 0.719. The molecule has 84 valence electrons. The molecule has 2 atom stereocenters. The molecule has 0 aromatic heterocycles. The maximum Gasteiger partial charge on any atom is 0.0347 e. The second-order valence-corrected chi connectivity index (χ2v) is 4.42. The summed E-state index contributed by atoms with van der Waals surface area (Å²) in [6.07, 6.45) is 1.30. The van der Waals surface area contributed by atoms with Gasteiger partial charge in [0.25, 0.3) is 0 Å². The van der Waals surface area contributed by atoms with E-state index in [0.29, 0.717) is 6.04 Å². The van der Waals surface area contributed by atoms with E-state index >= 15 is 0 Å². The Balaban J connectivity index is 2.58. The highest BCUT2D eigenvalue weighted by Gasteiger charge is 2.24. The molecule has 0 aliphatic carbocycles. The Morgan fingerprint density at radius 2 is 2.14 bits per heavy atom. The third-order valence-corrected chi connectivity index (χ3v) is 3.45. The molecule has 2 unspecified atom stereocenters. The zero-order valence-electron chi connectivity index (χ0n) is 10.1. The first-order valence-corrected chi connectivity index (χ1v) is 5.78. The van der Waals surface area contributed by atoms with E-state index in [1.54, 1.807) is 0 Å². The van der Waals surface area contributed by atoms with Crippen molar-refractivity contribution in [3.05, 3.63) is 0 Å². The molecular formula is C11H25N3. The molecule has 0 saturated carbocycles. The van der Waals surface area contributed by atoms with Gasteiger partial charge in [-0.05, 0) is 40.5 Å². The zero-order valence-corrected chi connectivity index (χ0v) is 10.1. The van der Waals surface area contributed by atoms with Gasteiger partial charge in [0.1, 0.15) is 0 Å². The predicted octanol–water partition coefficient (Wildman–Crippen LogP) is 0.620. The van der Waals surface area contributed by atoms with E-state index in [9.17, 15) is 0 Å². The van der Waals surface area contributed by atoms with Gasteiger partial charge in [-0.15, -0.1) is 0 Å². The molecule has 1 fully saturated rings. The Labute approximate surface area is 88.5 Å². The fourth-order valence-corrected chi connectivity index (χ4v) is 2.23. The summed E-state index contributed by atoms with van der Waals surface area (Å²) in [7, 11) is 4.29. The van der Waals surface area contributed by atoms with E-state index in [-0.39, 0.29) is 0 Å². The van der Waals surface area contributed by atoms with E-state index in [2.05, 4.69) is 36.0 Å². The first-order valence-electron chi connectivity index (χ1n) is 5.78. The molecule has 0 aromatic rings. The highest BCUT2D eigenvalue weighted by atomic mass is 15.3. The third-order valence-electron chi connectivity index (χ3n) is 3.45. The smallest absolute Gasteiger partial charge is 0.0347 e. The first kappa shape index (κ1) is 12.0. The van der Waals surface area contributed by atoms with Crippen molar-refractivity contribution in [2.45, 2.75) is 32.4 Å². The number of nitrogens with zero attached hydrogens (tertiary/aromatic N) is 2. The van der Waals surface area contributed by atoms with Crippen LogP contribution in [0.3, 0.4) is 0 Å². The van der Waals surface area contributed by atoms with Crippen LogP contribution in [-0.2, 0) is 0 Å². The molecule has 0 spiro atoms. The molecule has 1 rings (SSSR count). The monoisotopic (exact) mass is 199 g/mol. The molecule has 3 nitrogen and oxygen atoms in total. The van der Waals surface area contributed by atoms with Crippen molar-refractivity contribution in [1.29, 1.82) is 0 Å². The van der Waals surface area contributed by atoms with E-state index in [1.165, 1.54) is 26.1 Å². The van der Waals surface area contributed by atoms with Gasteiger partial charge < -0.3 is 10.2 Å². The van der Waals surface area contributed by atoms with Crippen molar-refractivity contribution < 1.29 is 0 Å². The molecule has 0 radical (unpaired) electrons. The van der Waals surface area contributed by atoms with E-state index < -0.39 is 0 Å². The van der Waals surface area contributed by atoms with Crippen molar-refractivity contribution >= 4 is 0 Å². The summed E-state index contributed by atoms with van der Waals surface area (Å²) in [5.41, 5.74) is 0. The summed E-state index contributed by atoms with van der Waals surface area (Å²) >= 11 is 0. The van der Waals surface area contributed by atoms with Crippen LogP contribution in [0, 0.1) is 0 Å². The molecule has 0 aromatic carbocycles. The van der Waals surface area contributed by atoms with Gasteiger partial charge in [0.05, 0.1) is 0 Å². The third kappa shape index (κ3) is 2.94. The van der Waals surface area contributed by atoms with Gasteiger partial charge in [0.15, 0.2) is 0 Å². The van der Waals surface area contributed by atoms with Gasteiger partial charge >= 0.3 is 0 Å². The largest absolute Gasteiger partial charge is 0.318 e. The Morgan fingerprint density at radius 3 is 2.71 bits per heavy atom. The molecule has 0 amide bonds. The van der Waals surface area contributed by atoms with Crippen LogP contribution in [0.5, 0.6) is 0 Å². The van der Waals surface area contributed by atoms with Gasteiger partial charge in [-0.3, -0.25) is 4.90 Å². The molecule has 14 heavy (non-hydrogen) atoms.